The van der Waals surface area contributed by atoms with Crippen LogP contribution in [-0.4, -0.2) is 31.0 Å². The first-order chi connectivity index (χ1) is 15.0. The van der Waals surface area contributed by atoms with Crippen molar-refractivity contribution in [1.82, 2.24) is 19.3 Å². The van der Waals surface area contributed by atoms with Crippen LogP contribution in [0.2, 0.25) is 5.02 Å². The molecule has 2 aromatic heterocycles. The molecule has 4 rings (SSSR count). The third kappa shape index (κ3) is 4.38. The number of aromatic nitrogens is 4. The van der Waals surface area contributed by atoms with E-state index in [0.717, 1.165) is 34.0 Å². The van der Waals surface area contributed by atoms with E-state index >= 15 is 0 Å². The zero-order chi connectivity index (χ0) is 22.0. The Hall–Kier alpha value is -3.03. The summed E-state index contributed by atoms with van der Waals surface area (Å²) in [6.45, 7) is 3.81. The van der Waals surface area contributed by atoms with Gasteiger partial charge in [0, 0.05) is 12.6 Å². The van der Waals surface area contributed by atoms with Gasteiger partial charge in [0.2, 0.25) is 5.91 Å². The van der Waals surface area contributed by atoms with Crippen molar-refractivity contribution in [1.29, 1.82) is 0 Å². The maximum atomic E-state index is 12.7. The van der Waals surface area contributed by atoms with Gasteiger partial charge in [0.15, 0.2) is 5.16 Å². The van der Waals surface area contributed by atoms with Gasteiger partial charge in [-0.15, -0.1) is 0 Å². The summed E-state index contributed by atoms with van der Waals surface area (Å²) in [5, 5.41) is 8.63. The molecule has 1 N–H and O–H groups in total. The second kappa shape index (κ2) is 8.99. The summed E-state index contributed by atoms with van der Waals surface area (Å²) in [6, 6.07) is 17.6. The van der Waals surface area contributed by atoms with Gasteiger partial charge in [-0.3, -0.25) is 14.0 Å². The van der Waals surface area contributed by atoms with Crippen molar-refractivity contribution in [3.8, 4) is 16.9 Å². The maximum absolute atomic E-state index is 12.7. The summed E-state index contributed by atoms with van der Waals surface area (Å²) >= 11 is 7.87. The Balaban J connectivity index is 1.62. The lowest BCUT2D eigenvalue weighted by molar-refractivity contribution is -0.113. The number of amides is 1. The molecule has 0 fully saturated rings. The van der Waals surface area contributed by atoms with Crippen LogP contribution in [-0.2, 0) is 11.8 Å². The quantitative estimate of drug-likeness (QED) is 0.405. The summed E-state index contributed by atoms with van der Waals surface area (Å²) in [4.78, 5) is 17.3. The Morgan fingerprint density at radius 3 is 2.48 bits per heavy atom. The summed E-state index contributed by atoms with van der Waals surface area (Å²) < 4.78 is 3.75. The van der Waals surface area contributed by atoms with Gasteiger partial charge < -0.3 is 5.32 Å². The summed E-state index contributed by atoms with van der Waals surface area (Å²) in [5.74, 6) is 0.0999. The van der Waals surface area contributed by atoms with Crippen molar-refractivity contribution in [3.05, 3.63) is 77.2 Å². The van der Waals surface area contributed by atoms with Gasteiger partial charge in [0.25, 0.3) is 0 Å². The van der Waals surface area contributed by atoms with Crippen LogP contribution < -0.4 is 5.32 Å². The number of para-hydroxylation sites is 1. The third-order valence-corrected chi connectivity index (χ3v) is 6.27. The van der Waals surface area contributed by atoms with Crippen molar-refractivity contribution in [2.45, 2.75) is 19.0 Å². The minimum atomic E-state index is -0.112. The van der Waals surface area contributed by atoms with Crippen molar-refractivity contribution in [2.75, 3.05) is 11.1 Å². The maximum Gasteiger partial charge on any atom is 0.234 e. The van der Waals surface area contributed by atoms with Crippen molar-refractivity contribution >= 4 is 35.0 Å². The highest BCUT2D eigenvalue weighted by Gasteiger charge is 2.18. The molecular weight excluding hydrogens is 430 g/mol. The Morgan fingerprint density at radius 1 is 1.10 bits per heavy atom. The third-order valence-electron chi connectivity index (χ3n) is 5.00. The first kappa shape index (κ1) is 21.2. The Kier molecular flexibility index (Phi) is 6.15. The van der Waals surface area contributed by atoms with E-state index in [1.807, 2.05) is 86.3 Å². The molecule has 6 nitrogen and oxygen atoms in total. The highest BCUT2D eigenvalue weighted by Crippen LogP contribution is 2.33. The van der Waals surface area contributed by atoms with Crippen molar-refractivity contribution in [2.24, 2.45) is 7.05 Å². The van der Waals surface area contributed by atoms with E-state index < -0.39 is 0 Å². The van der Waals surface area contributed by atoms with Crippen LogP contribution in [0.25, 0.3) is 16.9 Å². The van der Waals surface area contributed by atoms with Crippen LogP contribution in [0, 0.1) is 13.8 Å². The van der Waals surface area contributed by atoms with Gasteiger partial charge in [-0.2, -0.15) is 5.10 Å². The summed E-state index contributed by atoms with van der Waals surface area (Å²) in [5.41, 5.74) is 5.22. The molecule has 0 unspecified atom stereocenters. The molecule has 2 aromatic carbocycles. The molecule has 4 aromatic rings. The topological polar surface area (TPSA) is 64.7 Å². The number of anilines is 1. The first-order valence-corrected chi connectivity index (χ1v) is 11.1. The molecule has 1 amide bonds. The van der Waals surface area contributed by atoms with E-state index in [1.54, 1.807) is 4.68 Å². The number of rotatable bonds is 6. The number of carbonyl (C=O) groups excluding carboxylic acids is 1. The standard InChI is InChI=1S/C23H22ClN5OS/c1-15-22(16(2)28(3)27-15)26-21(30)14-31-23-25-13-20(17-9-5-4-6-10-17)29(23)19-12-8-7-11-18(19)24/h4-13H,14H2,1-3H3,(H,26,30). The van der Waals surface area contributed by atoms with Gasteiger partial charge in [-0.25, -0.2) is 4.98 Å². The lowest BCUT2D eigenvalue weighted by Crippen LogP contribution is -2.15. The number of nitrogens with zero attached hydrogens (tertiary/aromatic N) is 4. The van der Waals surface area contributed by atoms with Crippen LogP contribution >= 0.6 is 23.4 Å². The number of imidazole rings is 1. The number of nitrogens with one attached hydrogen (secondary N) is 1. The minimum absolute atomic E-state index is 0.112. The number of benzene rings is 2. The van der Waals surface area contributed by atoms with Crippen LogP contribution in [0.15, 0.2) is 66.0 Å². The molecular formula is C23H22ClN5OS. The van der Waals surface area contributed by atoms with Crippen molar-refractivity contribution in [3.63, 3.8) is 0 Å². The molecule has 0 atom stereocenters. The minimum Gasteiger partial charge on any atom is -0.322 e. The SMILES string of the molecule is Cc1nn(C)c(C)c1NC(=O)CSc1ncc(-c2ccccc2)n1-c1ccccc1Cl. The van der Waals surface area contributed by atoms with Crippen LogP contribution in [0.3, 0.4) is 0 Å². The monoisotopic (exact) mass is 451 g/mol. The van der Waals surface area contributed by atoms with E-state index in [2.05, 4.69) is 15.4 Å². The van der Waals surface area contributed by atoms with E-state index in [9.17, 15) is 4.79 Å². The number of aryl methyl sites for hydroxylation is 2. The molecule has 0 saturated heterocycles. The highest BCUT2D eigenvalue weighted by atomic mass is 35.5. The Bertz CT molecular complexity index is 1230. The molecule has 8 heteroatoms. The van der Waals surface area contributed by atoms with E-state index in [1.165, 1.54) is 11.8 Å². The molecule has 0 radical (unpaired) electrons. The zero-order valence-electron chi connectivity index (χ0n) is 17.5. The predicted molar refractivity (Wildman–Crippen MR) is 126 cm³/mol. The molecule has 2 heterocycles. The molecule has 0 bridgehead atoms. The summed E-state index contributed by atoms with van der Waals surface area (Å²) in [7, 11) is 1.86. The highest BCUT2D eigenvalue weighted by molar-refractivity contribution is 7.99. The fraction of sp³-hybridized carbons (Fsp3) is 0.174. The van der Waals surface area contributed by atoms with E-state index in [0.29, 0.717) is 10.2 Å². The Morgan fingerprint density at radius 2 is 1.81 bits per heavy atom. The second-order valence-electron chi connectivity index (χ2n) is 7.09. The molecule has 0 aliphatic heterocycles. The van der Waals surface area contributed by atoms with Gasteiger partial charge in [-0.1, -0.05) is 65.8 Å². The largest absolute Gasteiger partial charge is 0.322 e. The second-order valence-corrected chi connectivity index (χ2v) is 8.43. The fourth-order valence-corrected chi connectivity index (χ4v) is 4.38. The van der Waals surface area contributed by atoms with Crippen LogP contribution in [0.4, 0.5) is 5.69 Å². The van der Waals surface area contributed by atoms with Crippen molar-refractivity contribution < 1.29 is 4.79 Å². The van der Waals surface area contributed by atoms with Gasteiger partial charge >= 0.3 is 0 Å². The molecule has 0 aliphatic rings. The molecule has 31 heavy (non-hydrogen) atoms. The number of thioether (sulfide) groups is 1. The number of hydrogen-bond acceptors (Lipinski definition) is 4. The lowest BCUT2D eigenvalue weighted by Gasteiger charge is -2.13. The molecule has 158 valence electrons. The average Bonchev–Trinajstić information content (AvgIpc) is 3.29. The predicted octanol–water partition coefficient (Wildman–Crippen LogP) is 5.27. The fourth-order valence-electron chi connectivity index (χ4n) is 3.38. The number of hydrogen-bond donors (Lipinski definition) is 1. The van der Waals surface area contributed by atoms with Gasteiger partial charge in [0.05, 0.1) is 45.4 Å². The normalized spacial score (nSPS) is 11.0. The van der Waals surface area contributed by atoms with Gasteiger partial charge in [-0.05, 0) is 26.0 Å². The molecule has 0 saturated carbocycles. The number of halogens is 1. The average molecular weight is 452 g/mol. The lowest BCUT2D eigenvalue weighted by atomic mass is 10.1. The smallest absolute Gasteiger partial charge is 0.234 e. The Labute approximate surface area is 190 Å². The first-order valence-electron chi connectivity index (χ1n) is 9.76. The van der Waals surface area contributed by atoms with Gasteiger partial charge in [0.1, 0.15) is 0 Å². The molecule has 0 aliphatic carbocycles. The van der Waals surface area contributed by atoms with Crippen LogP contribution in [0.5, 0.6) is 0 Å². The zero-order valence-corrected chi connectivity index (χ0v) is 19.0. The van der Waals surface area contributed by atoms with E-state index in [4.69, 9.17) is 11.6 Å². The van der Waals surface area contributed by atoms with E-state index in [-0.39, 0.29) is 11.7 Å². The molecule has 0 spiro atoms. The van der Waals surface area contributed by atoms with Crippen LogP contribution in [0.1, 0.15) is 11.4 Å². The summed E-state index contributed by atoms with van der Waals surface area (Å²) in [6.07, 6.45) is 1.81. The number of carbonyl (C=O) groups is 1.